The minimum atomic E-state index is -0.346. The Morgan fingerprint density at radius 2 is 1.72 bits per heavy atom. The second-order valence-electron chi connectivity index (χ2n) is 7.93. The third-order valence-electron chi connectivity index (χ3n) is 5.97. The van der Waals surface area contributed by atoms with Crippen LogP contribution in [-0.2, 0) is 22.6 Å². The molecule has 1 aliphatic rings. The molecule has 0 bridgehead atoms. The number of benzene rings is 1. The molecule has 2 aromatic rings. The molecular formula is C24H33N3O5. The Bertz CT molecular complexity index is 961. The molecule has 0 radical (unpaired) electrons. The molecule has 0 aliphatic carbocycles. The number of aromatic nitrogens is 1. The Morgan fingerprint density at radius 3 is 2.34 bits per heavy atom. The largest absolute Gasteiger partial charge is 0.497 e. The van der Waals surface area contributed by atoms with Gasteiger partial charge in [-0.25, -0.2) is 4.79 Å². The van der Waals surface area contributed by atoms with Gasteiger partial charge >= 0.3 is 5.97 Å². The predicted molar refractivity (Wildman–Crippen MR) is 121 cm³/mol. The van der Waals surface area contributed by atoms with Gasteiger partial charge < -0.3 is 23.7 Å². The van der Waals surface area contributed by atoms with Gasteiger partial charge in [0.15, 0.2) is 0 Å². The number of rotatable bonds is 8. The summed E-state index contributed by atoms with van der Waals surface area (Å²) in [6.07, 6.45) is 0. The van der Waals surface area contributed by atoms with Gasteiger partial charge in [-0.2, -0.15) is 0 Å². The van der Waals surface area contributed by atoms with Gasteiger partial charge in [-0.15, -0.1) is 0 Å². The van der Waals surface area contributed by atoms with Crippen LogP contribution < -0.4 is 9.47 Å². The molecule has 174 valence electrons. The van der Waals surface area contributed by atoms with Crippen LogP contribution >= 0.6 is 0 Å². The Labute approximate surface area is 189 Å². The van der Waals surface area contributed by atoms with E-state index >= 15 is 0 Å². The maximum Gasteiger partial charge on any atom is 0.339 e. The van der Waals surface area contributed by atoms with Crippen molar-refractivity contribution in [3.63, 3.8) is 0 Å². The van der Waals surface area contributed by atoms with Crippen LogP contribution in [0.3, 0.4) is 0 Å². The summed E-state index contributed by atoms with van der Waals surface area (Å²) >= 11 is 0. The zero-order valence-corrected chi connectivity index (χ0v) is 19.6. The highest BCUT2D eigenvalue weighted by Gasteiger charge is 2.24. The third kappa shape index (κ3) is 5.24. The van der Waals surface area contributed by atoms with Crippen LogP contribution in [-0.4, -0.2) is 73.2 Å². The minimum absolute atomic E-state index is 0.0563. The number of carbonyl (C=O) groups is 2. The Balaban J connectivity index is 1.59. The zero-order chi connectivity index (χ0) is 23.3. The van der Waals surface area contributed by atoms with Crippen molar-refractivity contribution in [2.75, 3.05) is 47.0 Å². The first kappa shape index (κ1) is 23.7. The number of aryl methyl sites for hydroxylation is 1. The highest BCUT2D eigenvalue weighted by atomic mass is 16.5. The summed E-state index contributed by atoms with van der Waals surface area (Å²) < 4.78 is 17.8. The van der Waals surface area contributed by atoms with Gasteiger partial charge in [-0.3, -0.25) is 9.69 Å². The van der Waals surface area contributed by atoms with Crippen molar-refractivity contribution in [1.29, 1.82) is 0 Å². The fourth-order valence-electron chi connectivity index (χ4n) is 4.10. The summed E-state index contributed by atoms with van der Waals surface area (Å²) in [5.41, 5.74) is 3.23. The minimum Gasteiger partial charge on any atom is -0.497 e. The maximum atomic E-state index is 13.0. The van der Waals surface area contributed by atoms with Gasteiger partial charge in [0, 0.05) is 49.7 Å². The molecule has 1 amide bonds. The Kier molecular flexibility index (Phi) is 7.80. The number of amides is 1. The van der Waals surface area contributed by atoms with Crippen molar-refractivity contribution in [3.05, 3.63) is 46.8 Å². The number of nitrogens with zero attached hydrogens (tertiary/aromatic N) is 3. The van der Waals surface area contributed by atoms with Crippen LogP contribution in [0.15, 0.2) is 24.3 Å². The maximum absolute atomic E-state index is 13.0. The van der Waals surface area contributed by atoms with E-state index in [0.29, 0.717) is 25.3 Å². The fourth-order valence-corrected chi connectivity index (χ4v) is 4.10. The van der Waals surface area contributed by atoms with Crippen molar-refractivity contribution < 1.29 is 23.8 Å². The predicted octanol–water partition coefficient (Wildman–Crippen LogP) is 2.64. The fraction of sp³-hybridized carbons (Fsp3) is 0.500. The van der Waals surface area contributed by atoms with E-state index in [1.54, 1.807) is 27.2 Å². The molecule has 3 rings (SSSR count). The highest BCUT2D eigenvalue weighted by Crippen LogP contribution is 2.25. The molecule has 0 spiro atoms. The number of hydrogen-bond donors (Lipinski definition) is 0. The molecule has 8 heteroatoms. The van der Waals surface area contributed by atoms with Gasteiger partial charge in [-0.1, -0.05) is 0 Å². The summed E-state index contributed by atoms with van der Waals surface area (Å²) in [5, 5.41) is 0. The van der Waals surface area contributed by atoms with Gasteiger partial charge in [0.1, 0.15) is 18.0 Å². The van der Waals surface area contributed by atoms with E-state index in [1.807, 2.05) is 41.5 Å². The SMILES string of the molecule is CCOC(=O)c1cc(C)n(CC(=O)N2CCN(Cc3cc(OC)ccc3OC)CC2)c1C. The number of esters is 1. The summed E-state index contributed by atoms with van der Waals surface area (Å²) in [7, 11) is 3.32. The summed E-state index contributed by atoms with van der Waals surface area (Å²) in [5.74, 6) is 1.34. The number of hydrogen-bond acceptors (Lipinski definition) is 6. The van der Waals surface area contributed by atoms with E-state index in [1.165, 1.54) is 0 Å². The average Bonchev–Trinajstić information content (AvgIpc) is 3.08. The Hall–Kier alpha value is -3.00. The van der Waals surface area contributed by atoms with Crippen LogP contribution in [0.5, 0.6) is 11.5 Å². The number of methoxy groups -OCH3 is 2. The smallest absolute Gasteiger partial charge is 0.339 e. The molecule has 0 N–H and O–H groups in total. The van der Waals surface area contributed by atoms with Crippen molar-refractivity contribution in [2.24, 2.45) is 0 Å². The molecule has 0 unspecified atom stereocenters. The quantitative estimate of drug-likeness (QED) is 0.584. The molecule has 1 aromatic heterocycles. The number of carbonyl (C=O) groups excluding carboxylic acids is 2. The zero-order valence-electron chi connectivity index (χ0n) is 19.6. The summed E-state index contributed by atoms with van der Waals surface area (Å²) in [4.78, 5) is 29.3. The topological polar surface area (TPSA) is 73.2 Å². The van der Waals surface area contributed by atoms with E-state index in [-0.39, 0.29) is 18.4 Å². The first-order chi connectivity index (χ1) is 15.4. The molecule has 32 heavy (non-hydrogen) atoms. The lowest BCUT2D eigenvalue weighted by Gasteiger charge is -2.35. The Morgan fingerprint density at radius 1 is 1.00 bits per heavy atom. The molecule has 1 aromatic carbocycles. The number of ether oxygens (including phenoxy) is 3. The van der Waals surface area contributed by atoms with Gasteiger partial charge in [0.25, 0.3) is 0 Å². The average molecular weight is 444 g/mol. The van der Waals surface area contributed by atoms with E-state index in [9.17, 15) is 9.59 Å². The van der Waals surface area contributed by atoms with E-state index in [2.05, 4.69) is 4.90 Å². The summed E-state index contributed by atoms with van der Waals surface area (Å²) in [6, 6.07) is 7.59. The normalized spacial score (nSPS) is 14.3. The van der Waals surface area contributed by atoms with Crippen LogP contribution in [0.4, 0.5) is 0 Å². The highest BCUT2D eigenvalue weighted by molar-refractivity contribution is 5.91. The van der Waals surface area contributed by atoms with Gasteiger partial charge in [-0.05, 0) is 45.0 Å². The van der Waals surface area contributed by atoms with Crippen LogP contribution in [0.2, 0.25) is 0 Å². The molecule has 2 heterocycles. The van der Waals surface area contributed by atoms with Crippen molar-refractivity contribution in [1.82, 2.24) is 14.4 Å². The van der Waals surface area contributed by atoms with Crippen molar-refractivity contribution in [2.45, 2.75) is 33.9 Å². The summed E-state index contributed by atoms with van der Waals surface area (Å²) in [6.45, 7) is 9.71. The third-order valence-corrected chi connectivity index (χ3v) is 5.97. The van der Waals surface area contributed by atoms with Crippen LogP contribution in [0, 0.1) is 13.8 Å². The standard InChI is InChI=1S/C24H33N3O5/c1-6-32-24(29)21-13-17(2)27(18(21)3)16-23(28)26-11-9-25(10-12-26)15-19-14-20(30-4)7-8-22(19)31-5/h7-8,13-14H,6,9-12,15-16H2,1-5H3. The molecular weight excluding hydrogens is 410 g/mol. The monoisotopic (exact) mass is 443 g/mol. The van der Waals surface area contributed by atoms with Crippen molar-refractivity contribution >= 4 is 11.9 Å². The molecule has 0 saturated carbocycles. The first-order valence-corrected chi connectivity index (χ1v) is 10.9. The molecule has 1 fully saturated rings. The van der Waals surface area contributed by atoms with E-state index < -0.39 is 0 Å². The number of piperazine rings is 1. The molecule has 1 saturated heterocycles. The lowest BCUT2D eigenvalue weighted by molar-refractivity contribution is -0.133. The molecule has 1 aliphatic heterocycles. The van der Waals surface area contributed by atoms with Crippen molar-refractivity contribution in [3.8, 4) is 11.5 Å². The van der Waals surface area contributed by atoms with Gasteiger partial charge in [0.05, 0.1) is 26.4 Å². The first-order valence-electron chi connectivity index (χ1n) is 10.9. The van der Waals surface area contributed by atoms with Gasteiger partial charge in [0.2, 0.25) is 5.91 Å². The second kappa shape index (κ2) is 10.5. The molecule has 0 atom stereocenters. The molecule has 8 nitrogen and oxygen atoms in total. The van der Waals surface area contributed by atoms with Crippen LogP contribution in [0.25, 0.3) is 0 Å². The lowest BCUT2D eigenvalue weighted by Crippen LogP contribution is -2.49. The van der Waals surface area contributed by atoms with E-state index in [4.69, 9.17) is 14.2 Å². The van der Waals surface area contributed by atoms with Crippen LogP contribution in [0.1, 0.15) is 34.2 Å². The second-order valence-corrected chi connectivity index (χ2v) is 7.93. The lowest BCUT2D eigenvalue weighted by atomic mass is 10.1. The van der Waals surface area contributed by atoms with E-state index in [0.717, 1.165) is 48.1 Å².